The summed E-state index contributed by atoms with van der Waals surface area (Å²) in [6, 6.07) is 7.01. The molecular weight excluding hydrogens is 400 g/mol. The highest BCUT2D eigenvalue weighted by molar-refractivity contribution is 5.92. The van der Waals surface area contributed by atoms with Crippen molar-refractivity contribution in [3.8, 4) is 17.3 Å². The van der Waals surface area contributed by atoms with E-state index in [-0.39, 0.29) is 12.3 Å². The van der Waals surface area contributed by atoms with E-state index in [0.29, 0.717) is 29.4 Å². The number of benzene rings is 1. The number of H-pyrrole nitrogens is 1. The summed E-state index contributed by atoms with van der Waals surface area (Å²) < 4.78 is 11.6. The third-order valence-electron chi connectivity index (χ3n) is 5.18. The van der Waals surface area contributed by atoms with E-state index in [1.165, 1.54) is 0 Å². The Bertz CT molecular complexity index is 1330. The Kier molecular flexibility index (Phi) is 5.28. The van der Waals surface area contributed by atoms with E-state index < -0.39 is 5.76 Å². The lowest BCUT2D eigenvalue weighted by atomic mass is 10.00. The van der Waals surface area contributed by atoms with Gasteiger partial charge in [-0.3, -0.25) is 14.3 Å². The summed E-state index contributed by atoms with van der Waals surface area (Å²) in [6.07, 6.45) is 0.809. The number of fused-ring (bicyclic) bond motifs is 1. The second-order valence-corrected chi connectivity index (χ2v) is 7.20. The van der Waals surface area contributed by atoms with Gasteiger partial charge >= 0.3 is 5.76 Å². The predicted molar refractivity (Wildman–Crippen MR) is 114 cm³/mol. The average molecular weight is 422 g/mol. The van der Waals surface area contributed by atoms with Gasteiger partial charge in [0.05, 0.1) is 12.5 Å². The van der Waals surface area contributed by atoms with Crippen molar-refractivity contribution >= 4 is 22.6 Å². The fraction of sp³-hybridized carbons (Fsp3) is 0.286. The Morgan fingerprint density at radius 2 is 2.13 bits per heavy atom. The summed E-state index contributed by atoms with van der Waals surface area (Å²) in [5.74, 6) is 0.0573. The average Bonchev–Trinajstić information content (AvgIpc) is 3.31. The number of amides is 1. The zero-order chi connectivity index (χ0) is 22.1. The van der Waals surface area contributed by atoms with Crippen LogP contribution in [0.3, 0.4) is 0 Å². The van der Waals surface area contributed by atoms with Crippen LogP contribution in [-0.2, 0) is 18.3 Å². The molecule has 0 atom stereocenters. The molecule has 0 aliphatic rings. The van der Waals surface area contributed by atoms with Gasteiger partial charge in [-0.05, 0) is 43.5 Å². The number of aromatic nitrogens is 5. The predicted octanol–water partition coefficient (Wildman–Crippen LogP) is 2.51. The van der Waals surface area contributed by atoms with Crippen LogP contribution in [0.15, 0.2) is 33.6 Å². The molecule has 4 aromatic rings. The van der Waals surface area contributed by atoms with Gasteiger partial charge in [0.15, 0.2) is 11.5 Å². The molecule has 4 rings (SSSR count). The van der Waals surface area contributed by atoms with Crippen LogP contribution in [0, 0.1) is 13.8 Å². The zero-order valence-corrected chi connectivity index (χ0v) is 17.6. The third-order valence-corrected chi connectivity index (χ3v) is 5.18. The van der Waals surface area contributed by atoms with Gasteiger partial charge in [0.1, 0.15) is 0 Å². The number of anilines is 1. The minimum Gasteiger partial charge on any atom is -0.479 e. The minimum absolute atomic E-state index is 0.136. The van der Waals surface area contributed by atoms with Gasteiger partial charge in [0.2, 0.25) is 11.8 Å². The highest BCUT2D eigenvalue weighted by Gasteiger charge is 2.18. The number of rotatable bonds is 6. The lowest BCUT2D eigenvalue weighted by molar-refractivity contribution is -0.116. The normalized spacial score (nSPS) is 11.1. The number of nitrogens with one attached hydrogen (secondary N) is 2. The Balaban J connectivity index is 1.51. The second-order valence-electron chi connectivity index (χ2n) is 7.20. The largest absolute Gasteiger partial charge is 0.479 e. The summed E-state index contributed by atoms with van der Waals surface area (Å²) in [4.78, 5) is 30.9. The van der Waals surface area contributed by atoms with E-state index in [4.69, 9.17) is 4.74 Å². The van der Waals surface area contributed by atoms with Crippen LogP contribution in [0.2, 0.25) is 0 Å². The summed E-state index contributed by atoms with van der Waals surface area (Å²) in [5.41, 5.74) is 4.86. The maximum absolute atomic E-state index is 12.6. The lowest BCUT2D eigenvalue weighted by Crippen LogP contribution is -2.13. The molecular formula is C21H22N6O4. The first kappa shape index (κ1) is 20.3. The number of aryl methyl sites for hydroxylation is 3. The Hall–Kier alpha value is -3.95. The van der Waals surface area contributed by atoms with E-state index >= 15 is 0 Å². The van der Waals surface area contributed by atoms with E-state index in [0.717, 1.165) is 27.9 Å². The van der Waals surface area contributed by atoms with Crippen LogP contribution in [0.1, 0.15) is 23.2 Å². The molecule has 0 aliphatic heterocycles. The standard InChI is InChI=1S/C21H22N6O4/c1-11-15(12(2)22-19-17(11)20(30-4)25-27(19)3)8-9-16(28)23-14-7-5-6-13(10-14)18-24-21(29)31-26-18/h5-7,10H,8-9H2,1-4H3,(H,23,28)(H,24,26,29). The van der Waals surface area contributed by atoms with Crippen molar-refractivity contribution in [2.75, 3.05) is 12.4 Å². The van der Waals surface area contributed by atoms with Crippen molar-refractivity contribution in [1.29, 1.82) is 0 Å². The summed E-state index contributed by atoms with van der Waals surface area (Å²) in [6.45, 7) is 3.93. The molecule has 1 aromatic carbocycles. The number of nitrogens with zero attached hydrogens (tertiary/aromatic N) is 4. The Morgan fingerprint density at radius 1 is 1.32 bits per heavy atom. The second kappa shape index (κ2) is 8.05. The molecule has 3 aromatic heterocycles. The fourth-order valence-electron chi connectivity index (χ4n) is 3.67. The molecule has 0 saturated heterocycles. The van der Waals surface area contributed by atoms with E-state index in [9.17, 15) is 9.59 Å². The number of carbonyl (C=O) groups excluding carboxylic acids is 1. The number of carbonyl (C=O) groups is 1. The first-order valence-corrected chi connectivity index (χ1v) is 9.70. The zero-order valence-electron chi connectivity index (χ0n) is 17.6. The lowest BCUT2D eigenvalue weighted by Gasteiger charge is -2.11. The van der Waals surface area contributed by atoms with Crippen molar-refractivity contribution in [2.45, 2.75) is 26.7 Å². The fourth-order valence-corrected chi connectivity index (χ4v) is 3.67. The quantitative estimate of drug-likeness (QED) is 0.488. The molecule has 31 heavy (non-hydrogen) atoms. The molecule has 0 fully saturated rings. The number of pyridine rings is 1. The SMILES string of the molecule is COc1nn(C)c2nc(C)c(CCC(=O)Nc3cccc(-c4noc(=O)[nH]4)c3)c(C)c12. The van der Waals surface area contributed by atoms with Gasteiger partial charge in [-0.1, -0.05) is 17.3 Å². The van der Waals surface area contributed by atoms with Gasteiger partial charge in [-0.2, -0.15) is 0 Å². The van der Waals surface area contributed by atoms with Gasteiger partial charge in [0, 0.05) is 30.4 Å². The molecule has 2 N–H and O–H groups in total. The Morgan fingerprint density at radius 3 is 2.84 bits per heavy atom. The van der Waals surface area contributed by atoms with Crippen molar-refractivity contribution in [1.82, 2.24) is 24.9 Å². The molecule has 10 heteroatoms. The van der Waals surface area contributed by atoms with Crippen LogP contribution in [0.4, 0.5) is 5.69 Å². The third kappa shape index (κ3) is 3.91. The van der Waals surface area contributed by atoms with Crippen LogP contribution < -0.4 is 15.8 Å². The summed E-state index contributed by atoms with van der Waals surface area (Å²) >= 11 is 0. The monoisotopic (exact) mass is 422 g/mol. The maximum Gasteiger partial charge on any atom is 0.439 e. The molecule has 0 unspecified atom stereocenters. The summed E-state index contributed by atoms with van der Waals surface area (Å²) in [7, 11) is 3.41. The highest BCUT2D eigenvalue weighted by Crippen LogP contribution is 2.30. The maximum atomic E-state index is 12.6. The topological polar surface area (TPSA) is 128 Å². The first-order valence-electron chi connectivity index (χ1n) is 9.70. The van der Waals surface area contributed by atoms with Crippen LogP contribution >= 0.6 is 0 Å². The smallest absolute Gasteiger partial charge is 0.439 e. The molecule has 1 amide bonds. The van der Waals surface area contributed by atoms with E-state index in [2.05, 4.69) is 30.1 Å². The van der Waals surface area contributed by atoms with Gasteiger partial charge in [-0.25, -0.2) is 14.5 Å². The number of hydrogen-bond acceptors (Lipinski definition) is 7. The van der Waals surface area contributed by atoms with Gasteiger partial charge < -0.3 is 10.1 Å². The van der Waals surface area contributed by atoms with Crippen LogP contribution in [0.25, 0.3) is 22.4 Å². The van der Waals surface area contributed by atoms with Crippen molar-refractivity contribution in [2.24, 2.45) is 7.05 Å². The molecule has 0 bridgehead atoms. The van der Waals surface area contributed by atoms with E-state index in [1.54, 1.807) is 36.1 Å². The molecule has 3 heterocycles. The van der Waals surface area contributed by atoms with Crippen molar-refractivity contribution in [3.63, 3.8) is 0 Å². The summed E-state index contributed by atoms with van der Waals surface area (Å²) in [5, 5.41) is 11.8. The highest BCUT2D eigenvalue weighted by atomic mass is 16.5. The number of methoxy groups -OCH3 is 1. The Labute approximate surface area is 177 Å². The molecule has 0 saturated carbocycles. The molecule has 160 valence electrons. The molecule has 10 nitrogen and oxygen atoms in total. The first-order chi connectivity index (χ1) is 14.9. The molecule has 0 radical (unpaired) electrons. The minimum atomic E-state index is -0.633. The molecule has 0 aliphatic carbocycles. The van der Waals surface area contributed by atoms with Gasteiger partial charge in [-0.15, -0.1) is 5.10 Å². The number of ether oxygens (including phenoxy) is 1. The van der Waals surface area contributed by atoms with Crippen molar-refractivity contribution < 1.29 is 14.1 Å². The number of aromatic amines is 1. The van der Waals surface area contributed by atoms with Crippen molar-refractivity contribution in [3.05, 3.63) is 51.6 Å². The van der Waals surface area contributed by atoms with Crippen LogP contribution in [-0.4, -0.2) is 37.9 Å². The van der Waals surface area contributed by atoms with Crippen LogP contribution in [0.5, 0.6) is 5.88 Å². The van der Waals surface area contributed by atoms with E-state index in [1.807, 2.05) is 20.9 Å². The number of hydrogen-bond donors (Lipinski definition) is 2. The molecule has 0 spiro atoms. The van der Waals surface area contributed by atoms with Gasteiger partial charge in [0.25, 0.3) is 0 Å².